The lowest BCUT2D eigenvalue weighted by atomic mass is 9.97. The van der Waals surface area contributed by atoms with Crippen LogP contribution in [-0.2, 0) is 0 Å². The summed E-state index contributed by atoms with van der Waals surface area (Å²) in [5.41, 5.74) is 0.910. The van der Waals surface area contributed by atoms with E-state index in [1.165, 1.54) is 13.0 Å². The zero-order chi connectivity index (χ0) is 13.1. The summed E-state index contributed by atoms with van der Waals surface area (Å²) in [6.45, 7) is 8.07. The average Bonchev–Trinajstić information content (AvgIpc) is 2.88. The minimum absolute atomic E-state index is 0.442. The Kier molecular flexibility index (Phi) is 5.65. The number of hydrogen-bond acceptors (Lipinski definition) is 6. The van der Waals surface area contributed by atoms with Gasteiger partial charge < -0.3 is 5.32 Å². The second kappa shape index (κ2) is 6.81. The van der Waals surface area contributed by atoms with E-state index in [1.54, 1.807) is 0 Å². The summed E-state index contributed by atoms with van der Waals surface area (Å²) < 4.78 is 0. The molecule has 106 valence electrons. The third-order valence-electron chi connectivity index (χ3n) is 3.89. The Labute approximate surface area is 119 Å². The van der Waals surface area contributed by atoms with Crippen LogP contribution in [-0.4, -0.2) is 60.6 Å². The molecule has 0 saturated carbocycles. The zero-order valence-electron chi connectivity index (χ0n) is 11.8. The summed E-state index contributed by atoms with van der Waals surface area (Å²) in [4.78, 5) is 4.83. The Morgan fingerprint density at radius 1 is 1.39 bits per heavy atom. The summed E-state index contributed by atoms with van der Waals surface area (Å²) >= 11 is 0. The second-order valence-corrected chi connectivity index (χ2v) is 7.90. The third-order valence-corrected chi connectivity index (χ3v) is 6.79. The van der Waals surface area contributed by atoms with Crippen LogP contribution in [0.1, 0.15) is 20.3 Å². The first kappa shape index (κ1) is 14.9. The topological polar surface area (TPSA) is 30.5 Å². The second-order valence-electron chi connectivity index (χ2n) is 5.47. The highest BCUT2D eigenvalue weighted by Crippen LogP contribution is 2.38. The normalized spacial score (nSPS) is 36.2. The molecule has 0 aromatic rings. The van der Waals surface area contributed by atoms with Crippen LogP contribution in [0.15, 0.2) is 0 Å². The number of nitrogens with zero attached hydrogens (tertiary/aromatic N) is 2. The van der Waals surface area contributed by atoms with Crippen molar-refractivity contribution in [3.63, 3.8) is 0 Å². The van der Waals surface area contributed by atoms with Gasteiger partial charge in [0.05, 0.1) is 0 Å². The van der Waals surface area contributed by atoms with Gasteiger partial charge in [-0.15, -0.1) is 0 Å². The predicted octanol–water partition coefficient (Wildman–Crippen LogP) is 1.42. The van der Waals surface area contributed by atoms with Gasteiger partial charge in [-0.05, 0) is 20.0 Å². The van der Waals surface area contributed by atoms with Gasteiger partial charge in [-0.2, -0.15) is 0 Å². The summed E-state index contributed by atoms with van der Waals surface area (Å²) in [5.74, 6) is 0.761. The fourth-order valence-electron chi connectivity index (χ4n) is 2.36. The highest BCUT2D eigenvalue weighted by atomic mass is 33.1. The van der Waals surface area contributed by atoms with Crippen molar-refractivity contribution in [1.82, 2.24) is 20.4 Å². The minimum atomic E-state index is 0.442. The zero-order valence-corrected chi connectivity index (χ0v) is 13.5. The fraction of sp³-hybridized carbons (Fsp3) is 1.00. The SMILES string of the molecule is CCC(C)C1CN(C2NC(N(C)C)SS2)CCN1. The maximum atomic E-state index is 3.69. The van der Waals surface area contributed by atoms with Gasteiger partial charge in [0.2, 0.25) is 0 Å². The van der Waals surface area contributed by atoms with Crippen molar-refractivity contribution in [3.8, 4) is 0 Å². The molecule has 0 aromatic carbocycles. The molecule has 6 heteroatoms. The van der Waals surface area contributed by atoms with Crippen molar-refractivity contribution in [2.75, 3.05) is 33.7 Å². The molecular formula is C12H26N4S2. The Morgan fingerprint density at radius 2 is 2.17 bits per heavy atom. The van der Waals surface area contributed by atoms with Crippen LogP contribution in [0.5, 0.6) is 0 Å². The molecule has 0 bridgehead atoms. The standard InChI is InChI=1S/C12H26N4S2/c1-5-9(2)10-8-16(7-6-13-10)12-14-11(15(3)4)17-18-12/h9-14H,5-8H2,1-4H3. The van der Waals surface area contributed by atoms with Crippen molar-refractivity contribution in [2.24, 2.45) is 5.92 Å². The summed E-state index contributed by atoms with van der Waals surface area (Å²) in [5, 5.41) is 7.35. The monoisotopic (exact) mass is 290 g/mol. The molecule has 4 unspecified atom stereocenters. The van der Waals surface area contributed by atoms with Crippen molar-refractivity contribution in [2.45, 2.75) is 37.3 Å². The first-order chi connectivity index (χ1) is 8.61. The predicted molar refractivity (Wildman–Crippen MR) is 82.4 cm³/mol. The number of nitrogens with one attached hydrogen (secondary N) is 2. The summed E-state index contributed by atoms with van der Waals surface area (Å²) in [6.07, 6.45) is 1.26. The van der Waals surface area contributed by atoms with Gasteiger partial charge in [0.1, 0.15) is 11.0 Å². The fourth-order valence-corrected chi connectivity index (χ4v) is 5.36. The molecule has 0 amide bonds. The average molecular weight is 291 g/mol. The van der Waals surface area contributed by atoms with Crippen LogP contribution in [0.4, 0.5) is 0 Å². The van der Waals surface area contributed by atoms with Crippen LogP contribution in [0.25, 0.3) is 0 Å². The molecule has 0 radical (unpaired) electrons. The van der Waals surface area contributed by atoms with E-state index >= 15 is 0 Å². The third kappa shape index (κ3) is 3.55. The van der Waals surface area contributed by atoms with Gasteiger partial charge in [0.15, 0.2) is 0 Å². The van der Waals surface area contributed by atoms with E-state index in [0.29, 0.717) is 17.0 Å². The number of rotatable bonds is 4. The van der Waals surface area contributed by atoms with Gasteiger partial charge >= 0.3 is 0 Å². The van der Waals surface area contributed by atoms with E-state index in [9.17, 15) is 0 Å². The van der Waals surface area contributed by atoms with Crippen LogP contribution in [0, 0.1) is 5.92 Å². The number of hydrogen-bond donors (Lipinski definition) is 2. The lowest BCUT2D eigenvalue weighted by Gasteiger charge is -2.39. The van der Waals surface area contributed by atoms with Gasteiger partial charge in [-0.3, -0.25) is 15.1 Å². The first-order valence-electron chi connectivity index (χ1n) is 6.84. The molecule has 2 aliphatic rings. The first-order valence-corrected chi connectivity index (χ1v) is 9.11. The van der Waals surface area contributed by atoms with Crippen LogP contribution < -0.4 is 10.6 Å². The highest BCUT2D eigenvalue weighted by molar-refractivity contribution is 8.77. The Morgan fingerprint density at radius 3 is 2.78 bits per heavy atom. The van der Waals surface area contributed by atoms with Gasteiger partial charge in [0.25, 0.3) is 0 Å². The largest absolute Gasteiger partial charge is 0.311 e. The molecule has 18 heavy (non-hydrogen) atoms. The molecule has 2 saturated heterocycles. The Hall–Kier alpha value is 0.540. The van der Waals surface area contributed by atoms with Crippen molar-refractivity contribution >= 4 is 21.6 Å². The van der Waals surface area contributed by atoms with Crippen molar-refractivity contribution in [1.29, 1.82) is 0 Å². The van der Waals surface area contributed by atoms with Gasteiger partial charge in [0, 0.05) is 25.7 Å². The molecule has 2 aliphatic heterocycles. The molecular weight excluding hydrogens is 264 g/mol. The maximum Gasteiger partial charge on any atom is 0.120 e. The molecule has 4 nitrogen and oxygen atoms in total. The lowest BCUT2D eigenvalue weighted by molar-refractivity contribution is 0.135. The van der Waals surface area contributed by atoms with Crippen molar-refractivity contribution in [3.05, 3.63) is 0 Å². The Bertz CT molecular complexity index is 264. The molecule has 2 heterocycles. The molecule has 2 rings (SSSR count). The van der Waals surface area contributed by atoms with Gasteiger partial charge in [-0.1, -0.05) is 41.9 Å². The molecule has 0 spiro atoms. The van der Waals surface area contributed by atoms with E-state index in [2.05, 4.69) is 48.4 Å². The molecule has 2 fully saturated rings. The van der Waals surface area contributed by atoms with E-state index in [4.69, 9.17) is 0 Å². The Balaban J connectivity index is 1.86. The summed E-state index contributed by atoms with van der Waals surface area (Å²) in [6, 6.07) is 0.648. The minimum Gasteiger partial charge on any atom is -0.311 e. The lowest BCUT2D eigenvalue weighted by Crippen LogP contribution is -2.58. The van der Waals surface area contributed by atoms with E-state index in [-0.39, 0.29) is 0 Å². The number of piperazine rings is 1. The van der Waals surface area contributed by atoms with E-state index in [1.807, 2.05) is 21.6 Å². The highest BCUT2D eigenvalue weighted by Gasteiger charge is 2.34. The molecule has 0 aliphatic carbocycles. The van der Waals surface area contributed by atoms with E-state index < -0.39 is 0 Å². The smallest absolute Gasteiger partial charge is 0.120 e. The van der Waals surface area contributed by atoms with Crippen LogP contribution >= 0.6 is 21.6 Å². The summed E-state index contributed by atoms with van der Waals surface area (Å²) in [7, 11) is 8.17. The van der Waals surface area contributed by atoms with Crippen molar-refractivity contribution < 1.29 is 0 Å². The molecule has 0 aromatic heterocycles. The van der Waals surface area contributed by atoms with Crippen LogP contribution in [0.3, 0.4) is 0 Å². The van der Waals surface area contributed by atoms with Gasteiger partial charge in [-0.25, -0.2) is 0 Å². The van der Waals surface area contributed by atoms with E-state index in [0.717, 1.165) is 19.0 Å². The van der Waals surface area contributed by atoms with Crippen LogP contribution in [0.2, 0.25) is 0 Å². The quantitative estimate of drug-likeness (QED) is 0.762. The molecule has 4 atom stereocenters. The molecule has 2 N–H and O–H groups in total. The maximum absolute atomic E-state index is 3.69.